The topological polar surface area (TPSA) is 70.6 Å². The minimum atomic E-state index is 0.0741. The van der Waals surface area contributed by atoms with Crippen molar-refractivity contribution in [3.05, 3.63) is 34.3 Å². The number of benzene rings is 1. The van der Waals surface area contributed by atoms with Crippen LogP contribution in [0, 0.1) is 0 Å². The van der Waals surface area contributed by atoms with Crippen LogP contribution in [0.2, 0.25) is 5.02 Å². The smallest absolute Gasteiger partial charge is 0.170 e. The van der Waals surface area contributed by atoms with Crippen LogP contribution in [-0.2, 0) is 6.54 Å². The second-order valence-electron chi connectivity index (χ2n) is 4.91. The van der Waals surface area contributed by atoms with Gasteiger partial charge in [-0.15, -0.1) is 0 Å². The van der Waals surface area contributed by atoms with Crippen molar-refractivity contribution in [3.8, 4) is 0 Å². The van der Waals surface area contributed by atoms with Gasteiger partial charge in [-0.3, -0.25) is 0 Å². The van der Waals surface area contributed by atoms with Crippen LogP contribution in [0.1, 0.15) is 30.4 Å². The molecular formula is C14H20ClN3OS. The molecule has 1 saturated heterocycles. The molecule has 1 aromatic carbocycles. The molecule has 0 aromatic heterocycles. The Balaban J connectivity index is 1.86. The molecule has 6 heteroatoms. The fourth-order valence-corrected chi connectivity index (χ4v) is 3.76. The lowest BCUT2D eigenvalue weighted by Crippen LogP contribution is -2.26. The molecule has 1 aliphatic heterocycles. The Morgan fingerprint density at radius 2 is 2.35 bits per heavy atom. The van der Waals surface area contributed by atoms with E-state index in [1.807, 2.05) is 12.1 Å². The van der Waals surface area contributed by atoms with Gasteiger partial charge in [-0.1, -0.05) is 35.3 Å². The van der Waals surface area contributed by atoms with Crippen LogP contribution in [0.15, 0.2) is 23.4 Å². The first-order valence-corrected chi connectivity index (χ1v) is 8.22. The summed E-state index contributed by atoms with van der Waals surface area (Å²) >= 11 is 8.27. The van der Waals surface area contributed by atoms with Crippen molar-refractivity contribution in [1.29, 1.82) is 0 Å². The molecule has 4 nitrogen and oxygen atoms in total. The van der Waals surface area contributed by atoms with Gasteiger partial charge in [0.1, 0.15) is 0 Å². The van der Waals surface area contributed by atoms with Crippen LogP contribution in [0.5, 0.6) is 0 Å². The Bertz CT molecular complexity index is 475. The monoisotopic (exact) mass is 313 g/mol. The number of nitrogens with zero attached hydrogens (tertiary/aromatic N) is 1. The number of hydrogen-bond donors (Lipinski definition) is 3. The summed E-state index contributed by atoms with van der Waals surface area (Å²) in [6.45, 7) is 1.76. The first-order chi connectivity index (χ1) is 9.70. The molecular weight excluding hydrogens is 294 g/mol. The van der Waals surface area contributed by atoms with E-state index in [9.17, 15) is 0 Å². The van der Waals surface area contributed by atoms with Crippen LogP contribution in [0.25, 0.3) is 0 Å². The van der Waals surface area contributed by atoms with Gasteiger partial charge in [0.2, 0.25) is 0 Å². The Morgan fingerprint density at radius 1 is 1.50 bits per heavy atom. The van der Waals surface area contributed by atoms with Gasteiger partial charge in [0, 0.05) is 28.9 Å². The third-order valence-corrected chi connectivity index (χ3v) is 5.17. The quantitative estimate of drug-likeness (QED) is 0.338. The molecule has 110 valence electrons. The fourth-order valence-electron chi connectivity index (χ4n) is 2.24. The average Bonchev–Trinajstić information content (AvgIpc) is 2.49. The summed E-state index contributed by atoms with van der Waals surface area (Å²) in [5, 5.41) is 16.4. The highest BCUT2D eigenvalue weighted by Crippen LogP contribution is 2.24. The predicted molar refractivity (Wildman–Crippen MR) is 85.8 cm³/mol. The van der Waals surface area contributed by atoms with Gasteiger partial charge in [0.05, 0.1) is 0 Å². The van der Waals surface area contributed by atoms with Crippen LogP contribution in [0.4, 0.5) is 0 Å². The van der Waals surface area contributed by atoms with Gasteiger partial charge in [0.15, 0.2) is 5.84 Å². The van der Waals surface area contributed by atoms with E-state index in [2.05, 4.69) is 22.2 Å². The van der Waals surface area contributed by atoms with E-state index in [-0.39, 0.29) is 5.84 Å². The van der Waals surface area contributed by atoms with Crippen molar-refractivity contribution in [2.75, 3.05) is 12.3 Å². The minimum Gasteiger partial charge on any atom is -0.409 e. The summed E-state index contributed by atoms with van der Waals surface area (Å²) in [4.78, 5) is 0. The normalized spacial score (nSPS) is 20.1. The molecule has 0 radical (unpaired) electrons. The summed E-state index contributed by atoms with van der Waals surface area (Å²) in [7, 11) is 0. The van der Waals surface area contributed by atoms with E-state index in [4.69, 9.17) is 22.5 Å². The molecule has 1 aromatic rings. The Morgan fingerprint density at radius 3 is 3.00 bits per heavy atom. The largest absolute Gasteiger partial charge is 0.409 e. The number of amidine groups is 1. The number of thioether (sulfide) groups is 1. The Hall–Kier alpha value is -0.910. The molecule has 0 amide bonds. The maximum atomic E-state index is 8.64. The minimum absolute atomic E-state index is 0.0741. The van der Waals surface area contributed by atoms with Gasteiger partial charge in [-0.25, -0.2) is 0 Å². The zero-order valence-electron chi connectivity index (χ0n) is 11.3. The third-order valence-electron chi connectivity index (χ3n) is 3.42. The van der Waals surface area contributed by atoms with E-state index in [1.54, 1.807) is 6.07 Å². The molecule has 0 bridgehead atoms. The highest BCUT2D eigenvalue weighted by molar-refractivity contribution is 7.99. The molecule has 0 aliphatic carbocycles. The predicted octanol–water partition coefficient (Wildman–Crippen LogP) is 2.81. The first-order valence-electron chi connectivity index (χ1n) is 6.79. The van der Waals surface area contributed by atoms with Crippen LogP contribution < -0.4 is 11.1 Å². The second kappa shape index (κ2) is 7.76. The maximum absolute atomic E-state index is 8.64. The Labute approximate surface area is 128 Å². The molecule has 1 aliphatic rings. The van der Waals surface area contributed by atoms with Crippen molar-refractivity contribution in [3.63, 3.8) is 0 Å². The molecule has 0 spiro atoms. The molecule has 1 fully saturated rings. The van der Waals surface area contributed by atoms with Crippen molar-refractivity contribution >= 4 is 29.2 Å². The summed E-state index contributed by atoms with van der Waals surface area (Å²) in [5.74, 6) is 1.35. The number of nitrogens with one attached hydrogen (secondary N) is 1. The van der Waals surface area contributed by atoms with Gasteiger partial charge in [-0.2, -0.15) is 11.8 Å². The zero-order valence-corrected chi connectivity index (χ0v) is 12.9. The van der Waals surface area contributed by atoms with E-state index in [0.29, 0.717) is 10.6 Å². The van der Waals surface area contributed by atoms with E-state index in [0.717, 1.165) is 23.9 Å². The van der Waals surface area contributed by atoms with Gasteiger partial charge in [0.25, 0.3) is 0 Å². The molecule has 1 atom stereocenters. The second-order valence-corrected chi connectivity index (χ2v) is 6.73. The molecule has 2 rings (SSSR count). The first kappa shape index (κ1) is 15.5. The summed E-state index contributed by atoms with van der Waals surface area (Å²) in [6, 6.07) is 5.45. The van der Waals surface area contributed by atoms with E-state index in [1.165, 1.54) is 25.0 Å². The molecule has 0 saturated carbocycles. The third kappa shape index (κ3) is 4.30. The Kier molecular flexibility index (Phi) is 6.01. The van der Waals surface area contributed by atoms with Crippen LogP contribution in [0.3, 0.4) is 0 Å². The fraction of sp³-hybridized carbons (Fsp3) is 0.500. The molecule has 4 N–H and O–H groups in total. The summed E-state index contributed by atoms with van der Waals surface area (Å²) < 4.78 is 0. The maximum Gasteiger partial charge on any atom is 0.170 e. The molecule has 1 heterocycles. The average molecular weight is 314 g/mol. The number of oxime groups is 1. The SMILES string of the molecule is N/C(=N/O)c1ccc(CNCC2CCCCS2)c(Cl)c1. The summed E-state index contributed by atoms with van der Waals surface area (Å²) in [5.41, 5.74) is 7.19. The highest BCUT2D eigenvalue weighted by atomic mass is 35.5. The van der Waals surface area contributed by atoms with E-state index < -0.39 is 0 Å². The lowest BCUT2D eigenvalue weighted by Gasteiger charge is -2.21. The van der Waals surface area contributed by atoms with Gasteiger partial charge < -0.3 is 16.3 Å². The lowest BCUT2D eigenvalue weighted by atomic mass is 10.1. The van der Waals surface area contributed by atoms with Gasteiger partial charge >= 0.3 is 0 Å². The number of rotatable bonds is 5. The highest BCUT2D eigenvalue weighted by Gasteiger charge is 2.13. The van der Waals surface area contributed by atoms with Crippen molar-refractivity contribution < 1.29 is 5.21 Å². The number of hydrogen-bond acceptors (Lipinski definition) is 4. The van der Waals surface area contributed by atoms with Crippen molar-refractivity contribution in [2.24, 2.45) is 10.9 Å². The van der Waals surface area contributed by atoms with Crippen molar-refractivity contribution in [2.45, 2.75) is 31.1 Å². The van der Waals surface area contributed by atoms with Crippen molar-refractivity contribution in [1.82, 2.24) is 5.32 Å². The summed E-state index contributed by atoms with van der Waals surface area (Å²) in [6.07, 6.45) is 3.99. The zero-order chi connectivity index (χ0) is 14.4. The number of halogens is 1. The lowest BCUT2D eigenvalue weighted by molar-refractivity contribution is 0.318. The number of nitrogens with two attached hydrogens (primary N) is 1. The van der Waals surface area contributed by atoms with Gasteiger partial charge in [-0.05, 0) is 30.2 Å². The van der Waals surface area contributed by atoms with Crippen LogP contribution in [-0.4, -0.2) is 28.6 Å². The standard InChI is InChI=1S/C14H20ClN3OS/c15-13-7-10(14(16)18-19)4-5-11(13)8-17-9-12-3-1-2-6-20-12/h4-5,7,12,17,19H,1-3,6,8-9H2,(H2,16,18). The van der Waals surface area contributed by atoms with E-state index >= 15 is 0 Å². The van der Waals surface area contributed by atoms with Crippen LogP contribution >= 0.6 is 23.4 Å². The molecule has 20 heavy (non-hydrogen) atoms. The molecule has 1 unspecified atom stereocenters.